The molecule has 1 fully saturated rings. The molecule has 2 heterocycles. The van der Waals surface area contributed by atoms with Crippen molar-refractivity contribution in [3.63, 3.8) is 0 Å². The summed E-state index contributed by atoms with van der Waals surface area (Å²) in [7, 11) is 0. The predicted octanol–water partition coefficient (Wildman–Crippen LogP) is 5.63. The molecule has 1 N–H and O–H groups in total. The highest BCUT2D eigenvalue weighted by atomic mass is 19.1. The summed E-state index contributed by atoms with van der Waals surface area (Å²) >= 11 is 0. The Balaban J connectivity index is 1.17. The predicted molar refractivity (Wildman–Crippen MR) is 140 cm³/mol. The topological polar surface area (TPSA) is 50.2 Å². The van der Waals surface area contributed by atoms with Crippen LogP contribution in [0.25, 0.3) is 11.0 Å². The van der Waals surface area contributed by atoms with E-state index < -0.39 is 0 Å². The monoisotopic (exact) mass is 482 g/mol. The molecule has 0 saturated carbocycles. The van der Waals surface area contributed by atoms with E-state index in [1.807, 2.05) is 36.4 Å². The second-order valence-electron chi connectivity index (χ2n) is 9.99. The van der Waals surface area contributed by atoms with Crippen LogP contribution in [0.3, 0.4) is 0 Å². The highest BCUT2D eigenvalue weighted by molar-refractivity contribution is 5.80. The number of carbonyl (C=O) groups excluding carboxylic acids is 1. The Kier molecular flexibility index (Phi) is 6.18. The molecule has 3 aromatic carbocycles. The zero-order valence-corrected chi connectivity index (χ0v) is 20.4. The van der Waals surface area contributed by atoms with Gasteiger partial charge >= 0.3 is 0 Å². The van der Waals surface area contributed by atoms with Gasteiger partial charge in [0, 0.05) is 24.6 Å². The number of hydrogen-bond donors (Lipinski definition) is 1. The van der Waals surface area contributed by atoms with Crippen molar-refractivity contribution in [2.45, 2.75) is 44.7 Å². The molecule has 1 saturated heterocycles. The number of hydrogen-bond acceptors (Lipinski definition) is 3. The lowest BCUT2D eigenvalue weighted by Crippen LogP contribution is -2.42. The molecule has 1 aromatic heterocycles. The molecule has 1 unspecified atom stereocenters. The van der Waals surface area contributed by atoms with Crippen molar-refractivity contribution < 1.29 is 9.18 Å². The van der Waals surface area contributed by atoms with Crippen LogP contribution in [-0.2, 0) is 17.8 Å². The normalized spacial score (nSPS) is 18.2. The van der Waals surface area contributed by atoms with Crippen LogP contribution in [0.5, 0.6) is 0 Å². The maximum atomic E-state index is 14.5. The van der Waals surface area contributed by atoms with Crippen LogP contribution in [0.2, 0.25) is 0 Å². The van der Waals surface area contributed by atoms with Crippen LogP contribution in [0.1, 0.15) is 48.4 Å². The Morgan fingerprint density at radius 1 is 0.944 bits per heavy atom. The van der Waals surface area contributed by atoms with Gasteiger partial charge in [-0.3, -0.25) is 4.79 Å². The number of fused-ring (bicyclic) bond motifs is 2. The number of rotatable bonds is 5. The molecule has 2 aliphatic rings. The van der Waals surface area contributed by atoms with Gasteiger partial charge in [-0.05, 0) is 61.4 Å². The standard InChI is InChI=1S/C30H31FN4O/c31-25-12-4-2-9-23(25)20-35-28-15-6-5-13-27(28)33-30(35)34-18-16-22(17-19-34)29(36)32-26-14-7-10-21-8-1-3-11-24(21)26/h1-6,8-9,11-13,15,22,26H,7,10,14,16-20H2,(H,32,36). The van der Waals surface area contributed by atoms with Gasteiger partial charge in [0.2, 0.25) is 11.9 Å². The lowest BCUT2D eigenvalue weighted by atomic mass is 9.87. The molecule has 6 heteroatoms. The second-order valence-corrected chi connectivity index (χ2v) is 9.99. The van der Waals surface area contributed by atoms with E-state index in [1.165, 1.54) is 17.2 Å². The summed E-state index contributed by atoms with van der Waals surface area (Å²) in [5.74, 6) is 0.802. The number of aryl methyl sites for hydroxylation is 1. The summed E-state index contributed by atoms with van der Waals surface area (Å²) in [6.45, 7) is 1.92. The van der Waals surface area contributed by atoms with Crippen molar-refractivity contribution in [1.29, 1.82) is 0 Å². The van der Waals surface area contributed by atoms with Crippen LogP contribution in [0.4, 0.5) is 10.3 Å². The zero-order chi connectivity index (χ0) is 24.5. The lowest BCUT2D eigenvalue weighted by molar-refractivity contribution is -0.126. The fourth-order valence-electron chi connectivity index (χ4n) is 5.79. The summed E-state index contributed by atoms with van der Waals surface area (Å²) in [6, 6.07) is 23.5. The molecule has 1 atom stereocenters. The van der Waals surface area contributed by atoms with Crippen molar-refractivity contribution in [2.24, 2.45) is 5.92 Å². The first-order chi connectivity index (χ1) is 17.7. The number of benzene rings is 3. The average Bonchev–Trinajstić information content (AvgIpc) is 3.28. The molecule has 1 amide bonds. The Morgan fingerprint density at radius 2 is 1.69 bits per heavy atom. The molecule has 6 rings (SSSR count). The van der Waals surface area contributed by atoms with Gasteiger partial charge in [0.1, 0.15) is 5.82 Å². The largest absolute Gasteiger partial charge is 0.349 e. The van der Waals surface area contributed by atoms with Gasteiger partial charge in [-0.1, -0.05) is 54.6 Å². The summed E-state index contributed by atoms with van der Waals surface area (Å²) in [5, 5.41) is 3.35. The van der Waals surface area contributed by atoms with E-state index in [4.69, 9.17) is 4.98 Å². The number of imidazole rings is 1. The van der Waals surface area contributed by atoms with Crippen LogP contribution >= 0.6 is 0 Å². The van der Waals surface area contributed by atoms with Gasteiger partial charge in [0.05, 0.1) is 23.6 Å². The highest BCUT2D eigenvalue weighted by Gasteiger charge is 2.30. The highest BCUT2D eigenvalue weighted by Crippen LogP contribution is 2.32. The number of amides is 1. The number of piperidine rings is 1. The number of halogens is 1. The second kappa shape index (κ2) is 9.76. The first-order valence-corrected chi connectivity index (χ1v) is 13.0. The van der Waals surface area contributed by atoms with Gasteiger partial charge in [-0.2, -0.15) is 0 Å². The molecule has 1 aliphatic carbocycles. The van der Waals surface area contributed by atoms with Crippen molar-refractivity contribution in [3.8, 4) is 0 Å². The molecular weight excluding hydrogens is 451 g/mol. The maximum absolute atomic E-state index is 14.5. The van der Waals surface area contributed by atoms with E-state index in [1.54, 1.807) is 6.07 Å². The van der Waals surface area contributed by atoms with E-state index in [2.05, 4.69) is 39.0 Å². The molecule has 0 radical (unpaired) electrons. The molecule has 0 bridgehead atoms. The van der Waals surface area contributed by atoms with Crippen molar-refractivity contribution >= 4 is 22.9 Å². The van der Waals surface area contributed by atoms with E-state index in [0.29, 0.717) is 12.1 Å². The van der Waals surface area contributed by atoms with Crippen molar-refractivity contribution in [3.05, 3.63) is 95.3 Å². The fraction of sp³-hybridized carbons (Fsp3) is 0.333. The van der Waals surface area contributed by atoms with Crippen molar-refractivity contribution in [2.75, 3.05) is 18.0 Å². The quantitative estimate of drug-likeness (QED) is 0.401. The Morgan fingerprint density at radius 3 is 2.56 bits per heavy atom. The van der Waals surface area contributed by atoms with E-state index in [-0.39, 0.29) is 23.7 Å². The smallest absolute Gasteiger partial charge is 0.223 e. The summed E-state index contributed by atoms with van der Waals surface area (Å²) < 4.78 is 16.6. The fourth-order valence-corrected chi connectivity index (χ4v) is 5.79. The third kappa shape index (κ3) is 4.36. The number of aromatic nitrogens is 2. The SMILES string of the molecule is O=C(NC1CCCc2ccccc21)C1CCN(c2nc3ccccc3n2Cc2ccccc2F)CC1. The molecule has 36 heavy (non-hydrogen) atoms. The number of carbonyl (C=O) groups is 1. The van der Waals surface area contributed by atoms with Crippen LogP contribution < -0.4 is 10.2 Å². The molecule has 4 aromatic rings. The van der Waals surface area contributed by atoms with Gasteiger partial charge in [-0.15, -0.1) is 0 Å². The van der Waals surface area contributed by atoms with E-state index in [0.717, 1.165) is 62.2 Å². The van der Waals surface area contributed by atoms with E-state index in [9.17, 15) is 9.18 Å². The Hall–Kier alpha value is -3.67. The number of nitrogens with zero attached hydrogens (tertiary/aromatic N) is 3. The number of para-hydroxylation sites is 2. The summed E-state index contributed by atoms with van der Waals surface area (Å²) in [4.78, 5) is 20.4. The summed E-state index contributed by atoms with van der Waals surface area (Å²) in [5.41, 5.74) is 5.17. The average molecular weight is 483 g/mol. The van der Waals surface area contributed by atoms with Crippen LogP contribution in [0.15, 0.2) is 72.8 Å². The lowest BCUT2D eigenvalue weighted by Gasteiger charge is -2.34. The van der Waals surface area contributed by atoms with Gasteiger partial charge in [-0.25, -0.2) is 9.37 Å². The molecule has 0 spiro atoms. The van der Waals surface area contributed by atoms with Crippen LogP contribution in [0, 0.1) is 11.7 Å². The minimum Gasteiger partial charge on any atom is -0.349 e. The molecule has 5 nitrogen and oxygen atoms in total. The van der Waals surface area contributed by atoms with E-state index >= 15 is 0 Å². The minimum absolute atomic E-state index is 0.000245. The number of anilines is 1. The first kappa shape index (κ1) is 22.8. The third-order valence-corrected chi connectivity index (χ3v) is 7.76. The molecular formula is C30H31FN4O. The minimum atomic E-state index is -0.208. The maximum Gasteiger partial charge on any atom is 0.223 e. The first-order valence-electron chi connectivity index (χ1n) is 13.0. The zero-order valence-electron chi connectivity index (χ0n) is 20.4. The summed E-state index contributed by atoms with van der Waals surface area (Å²) in [6.07, 6.45) is 4.77. The van der Waals surface area contributed by atoms with Gasteiger partial charge < -0.3 is 14.8 Å². The van der Waals surface area contributed by atoms with Gasteiger partial charge in [0.25, 0.3) is 0 Å². The Labute approximate surface area is 211 Å². The molecule has 1 aliphatic heterocycles. The molecule has 184 valence electrons. The Bertz CT molecular complexity index is 1390. The van der Waals surface area contributed by atoms with Gasteiger partial charge in [0.15, 0.2) is 0 Å². The van der Waals surface area contributed by atoms with Crippen molar-refractivity contribution in [1.82, 2.24) is 14.9 Å². The third-order valence-electron chi connectivity index (χ3n) is 7.76. The van der Waals surface area contributed by atoms with Crippen LogP contribution in [-0.4, -0.2) is 28.5 Å². The number of nitrogens with one attached hydrogen (secondary N) is 1.